The van der Waals surface area contributed by atoms with Crippen LogP contribution in [0.15, 0.2) is 6.33 Å². The summed E-state index contributed by atoms with van der Waals surface area (Å²) >= 11 is 0. The van der Waals surface area contributed by atoms with Crippen LogP contribution in [0.2, 0.25) is 0 Å². The fourth-order valence-corrected chi connectivity index (χ4v) is 4.97. The predicted molar refractivity (Wildman–Crippen MR) is 133 cm³/mol. The van der Waals surface area contributed by atoms with Gasteiger partial charge in [0.15, 0.2) is 5.65 Å². The summed E-state index contributed by atoms with van der Waals surface area (Å²) in [7, 11) is 2.30. The molecule has 1 N–H and O–H groups in total. The first kappa shape index (κ1) is 26.1. The van der Waals surface area contributed by atoms with E-state index in [4.69, 9.17) is 10.1 Å². The number of piperazine rings is 1. The van der Waals surface area contributed by atoms with Crippen molar-refractivity contribution in [3.8, 4) is 0 Å². The molecule has 0 aromatic carbocycles. The van der Waals surface area contributed by atoms with Crippen LogP contribution < -0.4 is 10.2 Å². The number of likely N-dealkylation sites (N-methyl/N-ethyl adjacent to an activating group) is 1. The molecule has 2 aliphatic rings. The average Bonchev–Trinajstić information content (AvgIpc) is 3.06. The molecule has 176 valence electrons. The van der Waals surface area contributed by atoms with Gasteiger partial charge in [-0.25, -0.2) is 14.6 Å². The lowest BCUT2D eigenvalue weighted by molar-refractivity contribution is 0.0697. The number of anilines is 1. The SMILES string of the molecule is CCCCn1nc(CC(C)C)c2c(N3CCN(C)C4(CCNCC4)C3)ncnc21.Cl.Cl. The number of hydrogen-bond donors (Lipinski definition) is 1. The number of hydrogen-bond acceptors (Lipinski definition) is 6. The van der Waals surface area contributed by atoms with Crippen molar-refractivity contribution < 1.29 is 0 Å². The Kier molecular flexibility index (Phi) is 9.37. The van der Waals surface area contributed by atoms with Crippen LogP contribution in [-0.4, -0.2) is 70.0 Å². The second-order valence-electron chi connectivity index (χ2n) is 9.33. The molecule has 0 aliphatic carbocycles. The number of piperidine rings is 1. The smallest absolute Gasteiger partial charge is 0.163 e. The third-order valence-corrected chi connectivity index (χ3v) is 6.74. The number of nitrogens with one attached hydrogen (secondary N) is 1. The molecule has 1 spiro atoms. The summed E-state index contributed by atoms with van der Waals surface area (Å²) in [5.74, 6) is 1.66. The van der Waals surface area contributed by atoms with Gasteiger partial charge < -0.3 is 10.2 Å². The van der Waals surface area contributed by atoms with E-state index in [-0.39, 0.29) is 30.4 Å². The predicted octanol–water partition coefficient (Wildman–Crippen LogP) is 3.54. The van der Waals surface area contributed by atoms with Gasteiger partial charge in [-0.2, -0.15) is 5.10 Å². The van der Waals surface area contributed by atoms with Crippen molar-refractivity contribution in [3.05, 3.63) is 12.0 Å². The van der Waals surface area contributed by atoms with Gasteiger partial charge in [0, 0.05) is 31.7 Å². The molecule has 0 bridgehead atoms. The van der Waals surface area contributed by atoms with E-state index in [0.29, 0.717) is 5.92 Å². The molecular formula is C22H39Cl2N7. The lowest BCUT2D eigenvalue weighted by Crippen LogP contribution is -2.64. The van der Waals surface area contributed by atoms with Gasteiger partial charge in [0.25, 0.3) is 0 Å². The average molecular weight is 473 g/mol. The number of nitrogens with zero attached hydrogens (tertiary/aromatic N) is 6. The molecule has 0 atom stereocenters. The topological polar surface area (TPSA) is 62.1 Å². The highest BCUT2D eigenvalue weighted by Crippen LogP contribution is 2.34. The molecule has 4 rings (SSSR count). The number of rotatable bonds is 6. The third kappa shape index (κ3) is 5.27. The van der Waals surface area contributed by atoms with E-state index >= 15 is 0 Å². The Morgan fingerprint density at radius 1 is 1.13 bits per heavy atom. The van der Waals surface area contributed by atoms with Gasteiger partial charge in [-0.15, -0.1) is 24.8 Å². The third-order valence-electron chi connectivity index (χ3n) is 6.74. The van der Waals surface area contributed by atoms with Crippen molar-refractivity contribution in [1.82, 2.24) is 30.0 Å². The number of aryl methyl sites for hydroxylation is 1. The Morgan fingerprint density at radius 2 is 1.87 bits per heavy atom. The van der Waals surface area contributed by atoms with E-state index in [1.807, 2.05) is 0 Å². The first-order chi connectivity index (χ1) is 14.0. The van der Waals surface area contributed by atoms with Gasteiger partial charge in [-0.1, -0.05) is 27.2 Å². The summed E-state index contributed by atoms with van der Waals surface area (Å²) in [6, 6.07) is 0. The van der Waals surface area contributed by atoms with Gasteiger partial charge in [0.2, 0.25) is 0 Å². The van der Waals surface area contributed by atoms with E-state index in [2.05, 4.69) is 52.6 Å². The lowest BCUT2D eigenvalue weighted by Gasteiger charge is -2.52. The Hall–Kier alpha value is -1.15. The standard InChI is InChI=1S/C22H37N7.2ClH/c1-5-6-11-29-21-19(18(26-29)14-17(2)3)20(24-16-25-21)28-13-12-27(4)22(15-28)7-9-23-10-8-22;;/h16-17,23H,5-15H2,1-4H3;2*1H. The van der Waals surface area contributed by atoms with Gasteiger partial charge in [0.05, 0.1) is 11.1 Å². The molecule has 2 aliphatic heterocycles. The number of halogens is 2. The van der Waals surface area contributed by atoms with Crippen molar-refractivity contribution in [1.29, 1.82) is 0 Å². The van der Waals surface area contributed by atoms with Gasteiger partial charge in [-0.05, 0) is 51.7 Å². The molecule has 2 aromatic rings. The Morgan fingerprint density at radius 3 is 2.55 bits per heavy atom. The zero-order chi connectivity index (χ0) is 20.4. The maximum absolute atomic E-state index is 5.01. The fraction of sp³-hybridized carbons (Fsp3) is 0.773. The zero-order valence-electron chi connectivity index (χ0n) is 19.4. The van der Waals surface area contributed by atoms with Crippen LogP contribution in [0.25, 0.3) is 11.0 Å². The van der Waals surface area contributed by atoms with E-state index < -0.39 is 0 Å². The quantitative estimate of drug-likeness (QED) is 0.694. The first-order valence-corrected chi connectivity index (χ1v) is 11.4. The second-order valence-corrected chi connectivity index (χ2v) is 9.33. The van der Waals surface area contributed by atoms with E-state index in [1.54, 1.807) is 6.33 Å². The first-order valence-electron chi connectivity index (χ1n) is 11.4. The Balaban J connectivity index is 0.00000171. The minimum absolute atomic E-state index is 0. The summed E-state index contributed by atoms with van der Waals surface area (Å²) in [5, 5.41) is 9.73. The molecule has 2 aromatic heterocycles. The number of aromatic nitrogens is 4. The maximum atomic E-state index is 5.01. The molecule has 7 nitrogen and oxygen atoms in total. The van der Waals surface area contributed by atoms with Crippen molar-refractivity contribution >= 4 is 41.7 Å². The van der Waals surface area contributed by atoms with Gasteiger partial charge in [-0.3, -0.25) is 4.90 Å². The van der Waals surface area contributed by atoms with Crippen LogP contribution in [0.5, 0.6) is 0 Å². The van der Waals surface area contributed by atoms with Crippen LogP contribution in [0, 0.1) is 5.92 Å². The molecular weight excluding hydrogens is 433 g/mol. The van der Waals surface area contributed by atoms with Gasteiger partial charge in [0.1, 0.15) is 12.1 Å². The maximum Gasteiger partial charge on any atom is 0.163 e. The van der Waals surface area contributed by atoms with Crippen LogP contribution in [0.3, 0.4) is 0 Å². The molecule has 2 fully saturated rings. The summed E-state index contributed by atoms with van der Waals surface area (Å²) in [5.41, 5.74) is 2.43. The van der Waals surface area contributed by atoms with Crippen molar-refractivity contribution in [2.75, 3.05) is 44.7 Å². The van der Waals surface area contributed by atoms with E-state index in [9.17, 15) is 0 Å². The van der Waals surface area contributed by atoms with E-state index in [0.717, 1.165) is 70.0 Å². The highest BCUT2D eigenvalue weighted by molar-refractivity contribution is 5.90. The molecule has 9 heteroatoms. The van der Waals surface area contributed by atoms with Crippen molar-refractivity contribution in [2.45, 2.75) is 65.0 Å². The van der Waals surface area contributed by atoms with Crippen LogP contribution in [-0.2, 0) is 13.0 Å². The monoisotopic (exact) mass is 471 g/mol. The normalized spacial score (nSPS) is 18.9. The zero-order valence-corrected chi connectivity index (χ0v) is 21.1. The summed E-state index contributed by atoms with van der Waals surface area (Å²) in [4.78, 5) is 14.6. The van der Waals surface area contributed by atoms with Crippen molar-refractivity contribution in [3.63, 3.8) is 0 Å². The summed E-state index contributed by atoms with van der Waals surface area (Å²) in [6.45, 7) is 13.0. The highest BCUT2D eigenvalue weighted by atomic mass is 35.5. The van der Waals surface area contributed by atoms with Crippen LogP contribution in [0.1, 0.15) is 52.1 Å². The Labute approximate surface area is 199 Å². The molecule has 0 saturated carbocycles. The van der Waals surface area contributed by atoms with Gasteiger partial charge >= 0.3 is 0 Å². The van der Waals surface area contributed by atoms with E-state index in [1.165, 1.54) is 23.9 Å². The Bertz CT molecular complexity index is 833. The minimum atomic E-state index is 0. The minimum Gasteiger partial charge on any atom is -0.353 e. The largest absolute Gasteiger partial charge is 0.353 e. The molecule has 0 radical (unpaired) electrons. The summed E-state index contributed by atoms with van der Waals surface area (Å²) < 4.78 is 2.12. The molecule has 0 unspecified atom stereocenters. The number of fused-ring (bicyclic) bond motifs is 1. The van der Waals surface area contributed by atoms with Crippen molar-refractivity contribution in [2.24, 2.45) is 5.92 Å². The number of unbranched alkanes of at least 4 members (excludes halogenated alkanes) is 1. The molecule has 2 saturated heterocycles. The molecule has 31 heavy (non-hydrogen) atoms. The molecule has 4 heterocycles. The highest BCUT2D eigenvalue weighted by Gasteiger charge is 2.41. The second kappa shape index (κ2) is 11.1. The van der Waals surface area contributed by atoms with Crippen LogP contribution >= 0.6 is 24.8 Å². The van der Waals surface area contributed by atoms with Crippen LogP contribution in [0.4, 0.5) is 5.82 Å². The molecule has 0 amide bonds. The summed E-state index contributed by atoms with van der Waals surface area (Å²) in [6.07, 6.45) is 7.40. The lowest BCUT2D eigenvalue weighted by atomic mass is 9.84. The fourth-order valence-electron chi connectivity index (χ4n) is 4.97.